The first-order valence-electron chi connectivity index (χ1n) is 10.6. The fraction of sp³-hybridized carbons (Fsp3) is 0.120. The second-order valence-electron chi connectivity index (χ2n) is 8.06. The normalized spacial score (nSPS) is 11.8. The van der Waals surface area contributed by atoms with Crippen molar-refractivity contribution in [2.24, 2.45) is 0 Å². The van der Waals surface area contributed by atoms with Crippen molar-refractivity contribution in [1.82, 2.24) is 19.7 Å². The maximum Gasteiger partial charge on any atom is 0.432 e. The van der Waals surface area contributed by atoms with Crippen LogP contribution in [0.1, 0.15) is 33.1 Å². The summed E-state index contributed by atoms with van der Waals surface area (Å²) in [4.78, 5) is 21.5. The van der Waals surface area contributed by atoms with E-state index in [0.29, 0.717) is 21.7 Å². The molecule has 0 bridgehead atoms. The molecular weight excluding hydrogens is 516 g/mol. The molecule has 5 rings (SSSR count). The van der Waals surface area contributed by atoms with Crippen LogP contribution in [0, 0.1) is 6.92 Å². The van der Waals surface area contributed by atoms with E-state index in [9.17, 15) is 18.0 Å². The summed E-state index contributed by atoms with van der Waals surface area (Å²) >= 11 is 12.2. The van der Waals surface area contributed by atoms with Crippen LogP contribution >= 0.6 is 23.2 Å². The Bertz CT molecular complexity index is 1610. The molecule has 6 nitrogen and oxygen atoms in total. The molecule has 3 heterocycles. The Morgan fingerprint density at radius 3 is 2.61 bits per heavy atom. The first-order chi connectivity index (χ1) is 17.1. The predicted molar refractivity (Wildman–Crippen MR) is 128 cm³/mol. The molecule has 2 aromatic carbocycles. The highest BCUT2D eigenvalue weighted by atomic mass is 35.5. The molecule has 182 valence electrons. The average Bonchev–Trinajstić information content (AvgIpc) is 3.44. The zero-order valence-electron chi connectivity index (χ0n) is 18.5. The van der Waals surface area contributed by atoms with E-state index >= 15 is 0 Å². The third kappa shape index (κ3) is 4.36. The monoisotopic (exact) mass is 530 g/mol. The molecule has 0 radical (unpaired) electrons. The van der Waals surface area contributed by atoms with Crippen molar-refractivity contribution >= 4 is 39.9 Å². The van der Waals surface area contributed by atoms with Gasteiger partial charge in [0.25, 0.3) is 11.7 Å². The van der Waals surface area contributed by atoms with Gasteiger partial charge in [0.15, 0.2) is 0 Å². The van der Waals surface area contributed by atoms with Crippen molar-refractivity contribution in [2.45, 2.75) is 19.6 Å². The molecule has 11 heteroatoms. The number of hydrogen-bond donors (Lipinski definition) is 0. The summed E-state index contributed by atoms with van der Waals surface area (Å²) < 4.78 is 49.8. The van der Waals surface area contributed by atoms with Crippen molar-refractivity contribution in [3.05, 3.63) is 99.2 Å². The topological polar surface area (TPSA) is 73.8 Å². The number of halogens is 5. The summed E-state index contributed by atoms with van der Waals surface area (Å²) in [7, 11) is 0. The van der Waals surface area contributed by atoms with Crippen molar-refractivity contribution in [1.29, 1.82) is 0 Å². The molecule has 5 aromatic rings. The lowest BCUT2D eigenvalue weighted by atomic mass is 10.0. The van der Waals surface area contributed by atoms with Crippen LogP contribution < -0.4 is 0 Å². The molecule has 0 saturated heterocycles. The smallest absolute Gasteiger partial charge is 0.332 e. The van der Waals surface area contributed by atoms with Crippen LogP contribution in [0.5, 0.6) is 0 Å². The molecule has 0 fully saturated rings. The summed E-state index contributed by atoms with van der Waals surface area (Å²) in [6.07, 6.45) is -1.90. The molecule has 0 atom stereocenters. The molecule has 0 amide bonds. The number of carbonyl (C=O) groups excluding carboxylic acids is 1. The number of aromatic nitrogens is 4. The van der Waals surface area contributed by atoms with E-state index in [1.807, 2.05) is 0 Å². The maximum absolute atomic E-state index is 14.6. The third-order valence-corrected chi connectivity index (χ3v) is 6.19. The van der Waals surface area contributed by atoms with Gasteiger partial charge in [0.05, 0.1) is 5.56 Å². The molecule has 0 saturated carbocycles. The summed E-state index contributed by atoms with van der Waals surface area (Å²) in [5.74, 6) is -1.57. The Hall–Kier alpha value is -3.69. The SMILES string of the molecule is Cc1ccc2c(c1)c(C(=O)c1nc(-c3cccnc3)no1)c(C(F)(F)F)n2Cc1ccc(Cl)cc1Cl. The van der Waals surface area contributed by atoms with Gasteiger partial charge >= 0.3 is 6.18 Å². The number of hydrogen-bond acceptors (Lipinski definition) is 5. The Labute approximate surface area is 212 Å². The van der Waals surface area contributed by atoms with Crippen molar-refractivity contribution in [2.75, 3.05) is 0 Å². The van der Waals surface area contributed by atoms with Gasteiger partial charge in [-0.25, -0.2) is 0 Å². The predicted octanol–water partition coefficient (Wildman–Crippen LogP) is 7.00. The molecule has 3 aromatic heterocycles. The number of alkyl halides is 3. The Morgan fingerprint density at radius 2 is 1.92 bits per heavy atom. The van der Waals surface area contributed by atoms with Gasteiger partial charge in [0, 0.05) is 45.5 Å². The summed E-state index contributed by atoms with van der Waals surface area (Å²) in [6.45, 7) is 1.48. The first-order valence-corrected chi connectivity index (χ1v) is 11.3. The minimum Gasteiger partial charge on any atom is -0.332 e. The quantitative estimate of drug-likeness (QED) is 0.229. The van der Waals surface area contributed by atoms with E-state index < -0.39 is 29.1 Å². The summed E-state index contributed by atoms with van der Waals surface area (Å²) in [5.41, 5.74) is 0.0161. The first kappa shape index (κ1) is 24.0. The van der Waals surface area contributed by atoms with Crippen molar-refractivity contribution in [3.63, 3.8) is 0 Å². The number of rotatable bonds is 5. The van der Waals surface area contributed by atoms with E-state index in [2.05, 4.69) is 15.1 Å². The molecule has 0 spiro atoms. The van der Waals surface area contributed by atoms with Gasteiger partial charge in [-0.3, -0.25) is 9.78 Å². The Morgan fingerprint density at radius 1 is 1.11 bits per heavy atom. The zero-order chi connectivity index (χ0) is 25.6. The summed E-state index contributed by atoms with van der Waals surface area (Å²) in [6, 6.07) is 12.5. The van der Waals surface area contributed by atoms with Crippen LogP contribution in [-0.2, 0) is 12.7 Å². The third-order valence-electron chi connectivity index (χ3n) is 5.60. The highest BCUT2D eigenvalue weighted by Crippen LogP contribution is 2.40. The standard InChI is InChI=1S/C25H15Cl2F3N4O2/c1-13-4-7-19-17(9-13)20(21(35)24-32-23(33-36-24)14-3-2-8-31-11-14)22(25(28,29)30)34(19)12-15-5-6-16(26)10-18(15)27/h2-11H,12H2,1H3. The van der Waals surface area contributed by atoms with E-state index in [-0.39, 0.29) is 28.3 Å². The van der Waals surface area contributed by atoms with Crippen LogP contribution in [0.15, 0.2) is 65.4 Å². The number of benzene rings is 2. The molecule has 0 N–H and O–H groups in total. The van der Waals surface area contributed by atoms with Gasteiger partial charge in [0.2, 0.25) is 5.82 Å². The Balaban J connectivity index is 1.71. The van der Waals surface area contributed by atoms with Gasteiger partial charge in [-0.1, -0.05) is 46.1 Å². The second kappa shape index (κ2) is 9.07. The van der Waals surface area contributed by atoms with Crippen molar-refractivity contribution < 1.29 is 22.5 Å². The lowest BCUT2D eigenvalue weighted by Crippen LogP contribution is -2.19. The number of ketones is 1. The average molecular weight is 531 g/mol. The van der Waals surface area contributed by atoms with Gasteiger partial charge in [-0.2, -0.15) is 18.2 Å². The van der Waals surface area contributed by atoms with E-state index in [0.717, 1.165) is 4.57 Å². The van der Waals surface area contributed by atoms with E-state index in [1.165, 1.54) is 36.7 Å². The number of carbonyl (C=O) groups is 1. The number of nitrogens with zero attached hydrogens (tertiary/aromatic N) is 4. The van der Waals surface area contributed by atoms with Crippen LogP contribution in [0.3, 0.4) is 0 Å². The highest BCUT2D eigenvalue weighted by molar-refractivity contribution is 6.35. The highest BCUT2D eigenvalue weighted by Gasteiger charge is 2.42. The molecular formula is C25H15Cl2F3N4O2. The Kier molecular flexibility index (Phi) is 6.05. The van der Waals surface area contributed by atoms with Gasteiger partial charge in [0.1, 0.15) is 5.69 Å². The number of pyridine rings is 1. The minimum atomic E-state index is -4.89. The minimum absolute atomic E-state index is 0.0351. The maximum atomic E-state index is 14.6. The summed E-state index contributed by atoms with van der Waals surface area (Å²) in [5, 5.41) is 4.42. The molecule has 0 unspecified atom stereocenters. The molecule has 0 aliphatic carbocycles. The van der Waals surface area contributed by atoms with Crippen LogP contribution in [0.4, 0.5) is 13.2 Å². The fourth-order valence-corrected chi connectivity index (χ4v) is 4.48. The molecule has 36 heavy (non-hydrogen) atoms. The number of fused-ring (bicyclic) bond motifs is 1. The fourth-order valence-electron chi connectivity index (χ4n) is 4.01. The lowest BCUT2D eigenvalue weighted by molar-refractivity contribution is -0.143. The van der Waals surface area contributed by atoms with E-state index in [1.54, 1.807) is 31.2 Å². The van der Waals surface area contributed by atoms with Crippen molar-refractivity contribution in [3.8, 4) is 11.4 Å². The largest absolute Gasteiger partial charge is 0.432 e. The number of aryl methyl sites for hydroxylation is 1. The lowest BCUT2D eigenvalue weighted by Gasteiger charge is -2.15. The zero-order valence-corrected chi connectivity index (χ0v) is 20.0. The molecule has 0 aliphatic rings. The van der Waals surface area contributed by atoms with Crippen LogP contribution in [0.25, 0.3) is 22.3 Å². The van der Waals surface area contributed by atoms with E-state index in [4.69, 9.17) is 27.7 Å². The van der Waals surface area contributed by atoms with Crippen LogP contribution in [-0.4, -0.2) is 25.5 Å². The van der Waals surface area contributed by atoms with Gasteiger partial charge < -0.3 is 9.09 Å². The van der Waals surface area contributed by atoms with Gasteiger partial charge in [-0.15, -0.1) is 0 Å². The molecule has 0 aliphatic heterocycles. The van der Waals surface area contributed by atoms with Gasteiger partial charge in [-0.05, 0) is 48.9 Å². The van der Waals surface area contributed by atoms with Crippen LogP contribution in [0.2, 0.25) is 10.0 Å². The second-order valence-corrected chi connectivity index (χ2v) is 8.90.